The number of hydrogen-bond donors (Lipinski definition) is 2. The first kappa shape index (κ1) is 11.4. The highest BCUT2D eigenvalue weighted by molar-refractivity contribution is 5.76. The number of hydrogen-bond acceptors (Lipinski definition) is 4. The predicted molar refractivity (Wildman–Crippen MR) is 64.9 cm³/mol. The summed E-state index contributed by atoms with van der Waals surface area (Å²) in [5.74, 6) is 0.756. The maximum Gasteiger partial charge on any atom is 0.221 e. The average Bonchev–Trinajstić information content (AvgIpc) is 2.70. The number of nitrogens with zero attached hydrogens (tertiary/aromatic N) is 3. The van der Waals surface area contributed by atoms with Gasteiger partial charge in [-0.05, 0) is 13.0 Å². The molecule has 6 nitrogen and oxygen atoms in total. The molecule has 0 spiro atoms. The Labute approximate surface area is 99.0 Å². The molecule has 0 aromatic carbocycles. The van der Waals surface area contributed by atoms with Gasteiger partial charge in [0.2, 0.25) is 5.91 Å². The zero-order valence-electron chi connectivity index (χ0n) is 9.90. The summed E-state index contributed by atoms with van der Waals surface area (Å²) in [5, 5.41) is 10.00. The van der Waals surface area contributed by atoms with Gasteiger partial charge in [-0.3, -0.25) is 4.79 Å². The number of aromatic nitrogens is 3. The van der Waals surface area contributed by atoms with Gasteiger partial charge in [0.05, 0.1) is 5.69 Å². The lowest BCUT2D eigenvalue weighted by atomic mass is 10.3. The average molecular weight is 233 g/mol. The molecule has 6 heteroatoms. The lowest BCUT2D eigenvalue weighted by Crippen LogP contribution is -2.21. The second-order valence-electron chi connectivity index (χ2n) is 3.74. The number of fused-ring (bicyclic) bond motifs is 1. The van der Waals surface area contributed by atoms with E-state index in [9.17, 15) is 4.79 Å². The van der Waals surface area contributed by atoms with Gasteiger partial charge in [0.15, 0.2) is 5.82 Å². The summed E-state index contributed by atoms with van der Waals surface area (Å²) >= 11 is 0. The minimum atomic E-state index is 0.00846. The Morgan fingerprint density at radius 3 is 3.12 bits per heavy atom. The maximum absolute atomic E-state index is 11.1. The fourth-order valence-corrected chi connectivity index (χ4v) is 1.60. The van der Waals surface area contributed by atoms with E-state index in [1.165, 1.54) is 0 Å². The second kappa shape index (κ2) is 4.82. The molecule has 0 fully saturated rings. The Balaban J connectivity index is 2.10. The van der Waals surface area contributed by atoms with Gasteiger partial charge in [0.25, 0.3) is 0 Å². The first-order valence-corrected chi connectivity index (χ1v) is 5.46. The summed E-state index contributed by atoms with van der Waals surface area (Å²) < 4.78 is 1.77. The van der Waals surface area contributed by atoms with Crippen molar-refractivity contribution in [2.24, 2.45) is 0 Å². The highest BCUT2D eigenvalue weighted by Crippen LogP contribution is 2.14. The monoisotopic (exact) mass is 233 g/mol. The number of rotatable bonds is 4. The van der Waals surface area contributed by atoms with Gasteiger partial charge in [-0.2, -0.15) is 5.10 Å². The first-order valence-electron chi connectivity index (χ1n) is 5.46. The molecule has 0 saturated heterocycles. The molecule has 0 aliphatic heterocycles. The molecule has 0 unspecified atom stereocenters. The smallest absolute Gasteiger partial charge is 0.221 e. The minimum absolute atomic E-state index is 0.00846. The van der Waals surface area contributed by atoms with E-state index in [1.54, 1.807) is 24.0 Å². The van der Waals surface area contributed by atoms with Crippen molar-refractivity contribution in [3.63, 3.8) is 0 Å². The third kappa shape index (κ3) is 2.52. The molecule has 2 rings (SSSR count). The molecule has 2 N–H and O–H groups in total. The zero-order chi connectivity index (χ0) is 12.3. The lowest BCUT2D eigenvalue weighted by molar-refractivity contribution is -0.120. The molecular weight excluding hydrogens is 218 g/mol. The molecule has 0 saturated carbocycles. The van der Waals surface area contributed by atoms with Gasteiger partial charge in [-0.1, -0.05) is 0 Å². The van der Waals surface area contributed by atoms with E-state index in [0.29, 0.717) is 13.0 Å². The van der Waals surface area contributed by atoms with Gasteiger partial charge in [-0.25, -0.2) is 9.50 Å². The molecule has 0 atom stereocenters. The van der Waals surface area contributed by atoms with Crippen LogP contribution in [-0.4, -0.2) is 34.1 Å². The number of amides is 1. The molecule has 1 amide bonds. The van der Waals surface area contributed by atoms with Gasteiger partial charge in [0.1, 0.15) is 5.52 Å². The SMILES string of the molecule is CNC(=O)CCNc1nccn2nc(C)cc12. The second-order valence-corrected chi connectivity index (χ2v) is 3.74. The van der Waals surface area contributed by atoms with Crippen LogP contribution < -0.4 is 10.6 Å². The summed E-state index contributed by atoms with van der Waals surface area (Å²) in [7, 11) is 1.63. The van der Waals surface area contributed by atoms with E-state index in [1.807, 2.05) is 13.0 Å². The third-order valence-electron chi connectivity index (χ3n) is 2.44. The molecule has 0 radical (unpaired) electrons. The summed E-state index contributed by atoms with van der Waals surface area (Å²) in [5.41, 5.74) is 1.86. The van der Waals surface area contributed by atoms with Crippen molar-refractivity contribution in [1.82, 2.24) is 19.9 Å². The van der Waals surface area contributed by atoms with E-state index in [0.717, 1.165) is 17.0 Å². The van der Waals surface area contributed by atoms with Crippen LogP contribution in [0.1, 0.15) is 12.1 Å². The van der Waals surface area contributed by atoms with Gasteiger partial charge in [-0.15, -0.1) is 0 Å². The van der Waals surface area contributed by atoms with Crippen molar-refractivity contribution in [3.8, 4) is 0 Å². The normalized spacial score (nSPS) is 10.5. The van der Waals surface area contributed by atoms with Crippen molar-refractivity contribution in [2.45, 2.75) is 13.3 Å². The van der Waals surface area contributed by atoms with Gasteiger partial charge in [0, 0.05) is 32.4 Å². The predicted octanol–water partition coefficient (Wildman–Crippen LogP) is 0.586. The Morgan fingerprint density at radius 2 is 2.35 bits per heavy atom. The first-order chi connectivity index (χ1) is 8.20. The number of anilines is 1. The van der Waals surface area contributed by atoms with E-state index < -0.39 is 0 Å². The number of carbonyl (C=O) groups is 1. The van der Waals surface area contributed by atoms with E-state index >= 15 is 0 Å². The highest BCUT2D eigenvalue weighted by Gasteiger charge is 2.05. The van der Waals surface area contributed by atoms with Crippen LogP contribution in [-0.2, 0) is 4.79 Å². The van der Waals surface area contributed by atoms with E-state index in [-0.39, 0.29) is 5.91 Å². The molecular formula is C11H15N5O. The minimum Gasteiger partial charge on any atom is -0.368 e. The molecule has 17 heavy (non-hydrogen) atoms. The lowest BCUT2D eigenvalue weighted by Gasteiger charge is -2.05. The maximum atomic E-state index is 11.1. The summed E-state index contributed by atoms with van der Waals surface area (Å²) in [6.07, 6.45) is 3.90. The van der Waals surface area contributed by atoms with Crippen LogP contribution in [0.3, 0.4) is 0 Å². The topological polar surface area (TPSA) is 71.3 Å². The van der Waals surface area contributed by atoms with Crippen LogP contribution >= 0.6 is 0 Å². The van der Waals surface area contributed by atoms with Crippen LogP contribution in [0.4, 0.5) is 5.82 Å². The third-order valence-corrected chi connectivity index (χ3v) is 2.44. The number of nitrogens with one attached hydrogen (secondary N) is 2. The molecule has 0 bridgehead atoms. The van der Waals surface area contributed by atoms with Crippen LogP contribution in [0.5, 0.6) is 0 Å². The Kier molecular flexibility index (Phi) is 3.22. The van der Waals surface area contributed by atoms with Gasteiger partial charge >= 0.3 is 0 Å². The molecule has 0 aliphatic carbocycles. The van der Waals surface area contributed by atoms with Crippen molar-refractivity contribution in [3.05, 3.63) is 24.2 Å². The van der Waals surface area contributed by atoms with Crippen molar-refractivity contribution >= 4 is 17.2 Å². The van der Waals surface area contributed by atoms with Crippen LogP contribution in [0.2, 0.25) is 0 Å². The summed E-state index contributed by atoms with van der Waals surface area (Å²) in [6, 6.07) is 1.95. The zero-order valence-corrected chi connectivity index (χ0v) is 9.90. The van der Waals surface area contributed by atoms with Crippen LogP contribution in [0.25, 0.3) is 5.52 Å². The highest BCUT2D eigenvalue weighted by atomic mass is 16.1. The number of aryl methyl sites for hydroxylation is 1. The van der Waals surface area contributed by atoms with Crippen LogP contribution in [0, 0.1) is 6.92 Å². The van der Waals surface area contributed by atoms with E-state index in [2.05, 4.69) is 20.7 Å². The fourth-order valence-electron chi connectivity index (χ4n) is 1.60. The van der Waals surface area contributed by atoms with Crippen LogP contribution in [0.15, 0.2) is 18.5 Å². The van der Waals surface area contributed by atoms with Crippen molar-refractivity contribution in [2.75, 3.05) is 18.9 Å². The standard InChI is InChI=1S/C11H15N5O/c1-8-7-9-11(13-4-3-10(17)12-2)14-5-6-16(9)15-8/h5-7H,3-4H2,1-2H3,(H,12,17)(H,13,14). The summed E-state index contributed by atoms with van der Waals surface area (Å²) in [6.45, 7) is 2.48. The molecule has 2 aromatic heterocycles. The Bertz CT molecular complexity index is 534. The molecule has 90 valence electrons. The largest absolute Gasteiger partial charge is 0.368 e. The van der Waals surface area contributed by atoms with Crippen molar-refractivity contribution < 1.29 is 4.79 Å². The molecule has 0 aliphatic rings. The molecule has 2 heterocycles. The quantitative estimate of drug-likeness (QED) is 0.810. The Hall–Kier alpha value is -2.11. The van der Waals surface area contributed by atoms with Gasteiger partial charge < -0.3 is 10.6 Å². The summed E-state index contributed by atoms with van der Waals surface area (Å²) in [4.78, 5) is 15.3. The number of carbonyl (C=O) groups excluding carboxylic acids is 1. The Morgan fingerprint density at radius 1 is 1.53 bits per heavy atom. The van der Waals surface area contributed by atoms with Crippen molar-refractivity contribution in [1.29, 1.82) is 0 Å². The fraction of sp³-hybridized carbons (Fsp3) is 0.364. The van der Waals surface area contributed by atoms with E-state index in [4.69, 9.17) is 0 Å². The molecule has 2 aromatic rings.